The topological polar surface area (TPSA) is 88.5 Å². The Morgan fingerprint density at radius 2 is 1.86 bits per heavy atom. The van der Waals surface area contributed by atoms with Crippen molar-refractivity contribution in [2.24, 2.45) is 29.1 Å². The summed E-state index contributed by atoms with van der Waals surface area (Å²) in [4.78, 5) is 15.2. The van der Waals surface area contributed by atoms with Crippen LogP contribution in [0.5, 0.6) is 0 Å². The Labute approximate surface area is 261 Å². The van der Waals surface area contributed by atoms with E-state index in [1.807, 2.05) is 0 Å². The summed E-state index contributed by atoms with van der Waals surface area (Å²) in [7, 11) is 1.49. The first-order chi connectivity index (χ1) is 21.4. The maximum Gasteiger partial charge on any atom is 0.345 e. The van der Waals surface area contributed by atoms with Gasteiger partial charge in [0.15, 0.2) is 11.5 Å². The van der Waals surface area contributed by atoms with Gasteiger partial charge in [0.25, 0.3) is 0 Å². The fourth-order valence-electron chi connectivity index (χ4n) is 10.2. The lowest BCUT2D eigenvalue weighted by atomic mass is 9.70. The number of rotatable bonds is 7. The van der Waals surface area contributed by atoms with Crippen LogP contribution in [-0.4, -0.2) is 59.5 Å². The van der Waals surface area contributed by atoms with Crippen molar-refractivity contribution in [3.8, 4) is 0 Å². The van der Waals surface area contributed by atoms with E-state index in [1.165, 1.54) is 57.6 Å². The third-order valence-corrected chi connectivity index (χ3v) is 12.2. The summed E-state index contributed by atoms with van der Waals surface area (Å²) < 4.78 is 17.8. The summed E-state index contributed by atoms with van der Waals surface area (Å²) in [6.07, 6.45) is 16.0. The molecule has 7 rings (SSSR count). The van der Waals surface area contributed by atoms with Gasteiger partial charge in [-0.3, -0.25) is 4.90 Å². The molecular formula is C37H49NO6. The first kappa shape index (κ1) is 30.1. The van der Waals surface area contributed by atoms with E-state index in [0.29, 0.717) is 28.8 Å². The molecule has 1 aromatic rings. The zero-order valence-corrected chi connectivity index (χ0v) is 26.4. The van der Waals surface area contributed by atoms with Crippen LogP contribution >= 0.6 is 0 Å². The Balaban J connectivity index is 1.20. The van der Waals surface area contributed by atoms with Crippen LogP contribution in [0.4, 0.5) is 0 Å². The number of piperidine rings is 1. The number of methoxy groups -OCH3 is 1. The molecule has 0 unspecified atom stereocenters. The molecule has 1 aromatic carbocycles. The molecular weight excluding hydrogens is 554 g/mol. The molecule has 1 spiro atoms. The van der Waals surface area contributed by atoms with Crippen molar-refractivity contribution in [3.05, 3.63) is 70.6 Å². The minimum atomic E-state index is -0.582. The lowest BCUT2D eigenvalue weighted by molar-refractivity contribution is -0.133. The standard InChI is InChI=1S/C37H49NO6/c1-23-32-29-20-25(18-24-10-4-3-5-11-24)19-28(30(40)21-26-12-8-16-37(26)14-6-7-15-37)38(29)17-9-13-31(32)43-33(23)35-34(42-2)27(22-39)36(41)44-35/h3-5,10-11,13,23,25-26,28-30,32,39-40H,6-9,12,14-22H2,1-2H3/t23-,25+,26-,28-,29-,30-,32+/m0/s1. The third-order valence-electron chi connectivity index (χ3n) is 12.2. The molecule has 7 heteroatoms. The maximum atomic E-state index is 12.6. The molecule has 0 amide bonds. The van der Waals surface area contributed by atoms with Gasteiger partial charge in [-0.05, 0) is 86.7 Å². The Morgan fingerprint density at radius 1 is 1.09 bits per heavy atom. The molecule has 0 radical (unpaired) electrons. The number of hydrogen-bond acceptors (Lipinski definition) is 7. The molecule has 2 aliphatic carbocycles. The van der Waals surface area contributed by atoms with Crippen molar-refractivity contribution < 1.29 is 29.2 Å². The van der Waals surface area contributed by atoms with Crippen molar-refractivity contribution in [2.45, 2.75) is 102 Å². The average Bonchev–Trinajstić information content (AvgIpc) is 3.78. The number of carbonyl (C=O) groups excluding carboxylic acids is 1. The first-order valence-corrected chi connectivity index (χ1v) is 17.1. The Kier molecular flexibility index (Phi) is 8.40. The van der Waals surface area contributed by atoms with Crippen molar-refractivity contribution in [3.63, 3.8) is 0 Å². The summed E-state index contributed by atoms with van der Waals surface area (Å²) in [6, 6.07) is 11.1. The number of aliphatic hydroxyl groups excluding tert-OH is 2. The third kappa shape index (κ3) is 5.23. The van der Waals surface area contributed by atoms with Crippen LogP contribution in [0.1, 0.15) is 83.1 Å². The molecule has 7 nitrogen and oxygen atoms in total. The number of carbonyl (C=O) groups is 1. The number of benzene rings is 1. The largest absolute Gasteiger partial charge is 0.492 e. The van der Waals surface area contributed by atoms with Gasteiger partial charge in [0, 0.05) is 30.5 Å². The van der Waals surface area contributed by atoms with E-state index < -0.39 is 12.6 Å². The number of allylic oxidation sites excluding steroid dienone is 1. The molecule has 7 atom stereocenters. The number of cyclic esters (lactones) is 1. The fraction of sp³-hybridized carbons (Fsp3) is 0.649. The van der Waals surface area contributed by atoms with E-state index in [9.17, 15) is 15.0 Å². The van der Waals surface area contributed by atoms with Crippen molar-refractivity contribution in [2.75, 3.05) is 20.3 Å². The molecule has 2 N–H and O–H groups in total. The number of nitrogens with zero attached hydrogens (tertiary/aromatic N) is 1. The van der Waals surface area contributed by atoms with Crippen LogP contribution in [0.15, 0.2) is 65.0 Å². The minimum absolute atomic E-state index is 0.0531. The van der Waals surface area contributed by atoms with Gasteiger partial charge >= 0.3 is 5.97 Å². The highest BCUT2D eigenvalue weighted by molar-refractivity contribution is 5.94. The number of ether oxygens (including phenoxy) is 3. The Bertz CT molecular complexity index is 1320. The predicted molar refractivity (Wildman–Crippen MR) is 167 cm³/mol. The zero-order chi connectivity index (χ0) is 30.4. The lowest BCUT2D eigenvalue weighted by Crippen LogP contribution is -2.57. The van der Waals surface area contributed by atoms with Crippen molar-refractivity contribution >= 4 is 5.97 Å². The molecule has 4 aliphatic heterocycles. The van der Waals surface area contributed by atoms with E-state index >= 15 is 0 Å². The van der Waals surface area contributed by atoms with Crippen LogP contribution in [0.2, 0.25) is 0 Å². The molecule has 238 valence electrons. The van der Waals surface area contributed by atoms with Gasteiger partial charge in [-0.1, -0.05) is 56.5 Å². The molecule has 2 saturated heterocycles. The molecule has 4 heterocycles. The Morgan fingerprint density at radius 3 is 2.61 bits per heavy atom. The SMILES string of the molecule is COC1=C(CO)C(=O)OC1=C1OC2=CCCN3[C@@H](C[C@H](Cc4ccccc4)C[C@H]3[C@@H](O)C[C@@H]3CCCC34CCCC4)[C@H]2[C@@H]1C. The normalized spacial score (nSPS) is 35.6. The highest BCUT2D eigenvalue weighted by Crippen LogP contribution is 2.56. The fourth-order valence-corrected chi connectivity index (χ4v) is 10.2. The summed E-state index contributed by atoms with van der Waals surface area (Å²) in [5, 5.41) is 22.0. The number of fused-ring (bicyclic) bond motifs is 3. The van der Waals surface area contributed by atoms with Gasteiger partial charge in [0.05, 0.1) is 19.8 Å². The summed E-state index contributed by atoms with van der Waals surface area (Å²) >= 11 is 0. The predicted octanol–water partition coefficient (Wildman–Crippen LogP) is 6.02. The molecule has 4 fully saturated rings. The van der Waals surface area contributed by atoms with E-state index in [4.69, 9.17) is 14.2 Å². The van der Waals surface area contributed by atoms with E-state index in [2.05, 4.69) is 48.2 Å². The second-order valence-electron chi connectivity index (χ2n) is 14.4. The number of hydrogen-bond donors (Lipinski definition) is 2. The number of aliphatic hydroxyl groups is 2. The molecule has 6 aliphatic rings. The van der Waals surface area contributed by atoms with Crippen molar-refractivity contribution in [1.82, 2.24) is 4.90 Å². The summed E-state index contributed by atoms with van der Waals surface area (Å²) in [5.74, 6) is 2.63. The second kappa shape index (κ2) is 12.3. The maximum absolute atomic E-state index is 12.6. The highest BCUT2D eigenvalue weighted by atomic mass is 16.6. The van der Waals surface area contributed by atoms with E-state index in [1.54, 1.807) is 0 Å². The molecule has 2 saturated carbocycles. The smallest absolute Gasteiger partial charge is 0.345 e. The van der Waals surface area contributed by atoms with Crippen LogP contribution in [0, 0.1) is 29.1 Å². The van der Waals surface area contributed by atoms with Gasteiger partial charge < -0.3 is 24.4 Å². The Hall–Kier alpha value is -2.61. The van der Waals surface area contributed by atoms with Gasteiger partial charge in [-0.2, -0.15) is 0 Å². The zero-order valence-electron chi connectivity index (χ0n) is 26.4. The second-order valence-corrected chi connectivity index (χ2v) is 14.4. The van der Waals surface area contributed by atoms with Gasteiger partial charge in [0.1, 0.15) is 11.3 Å². The van der Waals surface area contributed by atoms with Gasteiger partial charge in [0.2, 0.25) is 5.76 Å². The van der Waals surface area contributed by atoms with Crippen LogP contribution in [0.25, 0.3) is 0 Å². The monoisotopic (exact) mass is 603 g/mol. The van der Waals surface area contributed by atoms with Crippen molar-refractivity contribution in [1.29, 1.82) is 0 Å². The van der Waals surface area contributed by atoms with Crippen LogP contribution in [0.3, 0.4) is 0 Å². The molecule has 0 bridgehead atoms. The van der Waals surface area contributed by atoms with Gasteiger partial charge in [-0.15, -0.1) is 0 Å². The van der Waals surface area contributed by atoms with Crippen LogP contribution in [-0.2, 0) is 25.4 Å². The van der Waals surface area contributed by atoms with E-state index in [0.717, 1.165) is 44.4 Å². The van der Waals surface area contributed by atoms with E-state index in [-0.39, 0.29) is 41.4 Å². The average molecular weight is 604 g/mol. The molecule has 0 aromatic heterocycles. The highest BCUT2D eigenvalue weighted by Gasteiger charge is 2.52. The van der Waals surface area contributed by atoms with Gasteiger partial charge in [-0.25, -0.2) is 4.79 Å². The minimum Gasteiger partial charge on any atom is -0.492 e. The number of esters is 1. The molecule has 44 heavy (non-hydrogen) atoms. The van der Waals surface area contributed by atoms with Crippen LogP contribution < -0.4 is 0 Å². The first-order valence-electron chi connectivity index (χ1n) is 17.1. The summed E-state index contributed by atoms with van der Waals surface area (Å²) in [6.45, 7) is 2.62. The summed E-state index contributed by atoms with van der Waals surface area (Å²) in [5.41, 5.74) is 1.95. The quantitative estimate of drug-likeness (QED) is 0.369. The lowest BCUT2D eigenvalue weighted by Gasteiger charge is -2.49.